The van der Waals surface area contributed by atoms with Gasteiger partial charge in [-0.15, -0.1) is 16.5 Å². The van der Waals surface area contributed by atoms with Gasteiger partial charge in [0.1, 0.15) is 0 Å². The molecule has 1 aliphatic carbocycles. The minimum atomic E-state index is -0.762. The molecule has 0 radical (unpaired) electrons. The van der Waals surface area contributed by atoms with E-state index in [0.717, 1.165) is 6.42 Å². The van der Waals surface area contributed by atoms with Gasteiger partial charge in [0.05, 0.1) is 12.0 Å². The molecule has 2 N–H and O–H groups in total. The van der Waals surface area contributed by atoms with E-state index in [1.807, 2.05) is 0 Å². The molecular formula is C7H11ClN4O2. The normalized spacial score (nSPS) is 33.1. The lowest BCUT2D eigenvalue weighted by Gasteiger charge is -2.28. The maximum Gasteiger partial charge on any atom is 0.293 e. The number of amides is 1. The monoisotopic (exact) mass is 218 g/mol. The first-order valence-corrected chi connectivity index (χ1v) is 4.75. The number of nitroso groups, excluding NO2 is 1. The second kappa shape index (κ2) is 4.99. The van der Waals surface area contributed by atoms with Crippen molar-refractivity contribution in [3.05, 3.63) is 4.91 Å². The average Bonchev–Trinajstić information content (AvgIpc) is 2.18. The highest BCUT2D eigenvalue weighted by Crippen LogP contribution is 2.32. The van der Waals surface area contributed by atoms with E-state index in [4.69, 9.17) is 17.4 Å². The third-order valence-corrected chi connectivity index (χ3v) is 2.86. The van der Waals surface area contributed by atoms with E-state index >= 15 is 0 Å². The maximum atomic E-state index is 11.2. The molecule has 0 bridgehead atoms. The molecule has 0 aromatic heterocycles. The third-order valence-electron chi connectivity index (χ3n) is 2.37. The quantitative estimate of drug-likeness (QED) is 0.249. The summed E-state index contributed by atoms with van der Waals surface area (Å²) in [5, 5.41) is 8.79. The van der Waals surface area contributed by atoms with Gasteiger partial charge in [0, 0.05) is 10.6 Å². The number of alkyl halides is 1. The topological polar surface area (TPSA) is 97.2 Å². The van der Waals surface area contributed by atoms with Crippen LogP contribution in [0.2, 0.25) is 0 Å². The van der Waals surface area contributed by atoms with Crippen LogP contribution >= 0.6 is 11.6 Å². The van der Waals surface area contributed by atoms with Crippen LogP contribution < -0.4 is 5.84 Å². The highest BCUT2D eigenvalue weighted by Gasteiger charge is 2.38. The molecule has 1 aliphatic rings. The van der Waals surface area contributed by atoms with Crippen molar-refractivity contribution in [1.82, 2.24) is 0 Å². The summed E-state index contributed by atoms with van der Waals surface area (Å²) in [5.74, 6) is 3.47. The molecule has 1 saturated carbocycles. The first kappa shape index (κ1) is 11.0. The fourth-order valence-corrected chi connectivity index (χ4v) is 2.15. The first-order valence-electron chi connectivity index (χ1n) is 4.32. The van der Waals surface area contributed by atoms with Gasteiger partial charge < -0.3 is 5.84 Å². The lowest BCUT2D eigenvalue weighted by molar-refractivity contribution is -0.122. The molecule has 0 spiro atoms. The molecule has 0 saturated heterocycles. The van der Waals surface area contributed by atoms with Crippen LogP contribution in [-0.4, -0.2) is 17.3 Å². The van der Waals surface area contributed by atoms with Crippen LogP contribution in [-0.2, 0) is 4.79 Å². The van der Waals surface area contributed by atoms with E-state index in [-0.39, 0.29) is 0 Å². The zero-order valence-corrected chi connectivity index (χ0v) is 8.22. The van der Waals surface area contributed by atoms with E-state index in [9.17, 15) is 9.70 Å². The molecule has 6 nitrogen and oxygen atoms in total. The summed E-state index contributed by atoms with van der Waals surface area (Å²) in [5.41, 5.74) is 0. The zero-order chi connectivity index (χ0) is 10.6. The van der Waals surface area contributed by atoms with Crippen LogP contribution in [0.3, 0.4) is 0 Å². The van der Waals surface area contributed by atoms with Gasteiger partial charge in [0.15, 0.2) is 0 Å². The molecule has 0 aromatic rings. The molecule has 0 aliphatic heterocycles. The summed E-state index contributed by atoms with van der Waals surface area (Å²) < 4.78 is 0. The van der Waals surface area contributed by atoms with E-state index in [2.05, 4.69) is 15.5 Å². The lowest BCUT2D eigenvalue weighted by Crippen LogP contribution is -2.37. The molecular weight excluding hydrogens is 208 g/mol. The predicted octanol–water partition coefficient (Wildman–Crippen LogP) is 1.38. The number of rotatable bonds is 2. The van der Waals surface area contributed by atoms with Gasteiger partial charge in [-0.25, -0.2) is 0 Å². The Morgan fingerprint density at radius 2 is 2.14 bits per heavy atom. The van der Waals surface area contributed by atoms with Crippen molar-refractivity contribution in [2.45, 2.75) is 30.7 Å². The van der Waals surface area contributed by atoms with Crippen LogP contribution in [0, 0.1) is 10.8 Å². The number of nitrogens with zero attached hydrogens (tertiary/aromatic N) is 3. The molecule has 0 aromatic carbocycles. The Balaban J connectivity index is 2.80. The molecule has 1 amide bonds. The van der Waals surface area contributed by atoms with Gasteiger partial charge in [-0.05, 0) is 19.3 Å². The smallest absolute Gasteiger partial charge is 0.293 e. The molecule has 78 valence electrons. The Kier molecular flexibility index (Phi) is 3.94. The summed E-state index contributed by atoms with van der Waals surface area (Å²) in [6.45, 7) is 0. The molecule has 1 fully saturated rings. The number of hydrogen-bond donors (Lipinski definition) is 1. The second-order valence-corrected chi connectivity index (χ2v) is 3.76. The summed E-state index contributed by atoms with van der Waals surface area (Å²) in [6, 6.07) is -0.401. The fourth-order valence-electron chi connectivity index (χ4n) is 1.72. The summed E-state index contributed by atoms with van der Waals surface area (Å²) >= 11 is 5.92. The van der Waals surface area contributed by atoms with Gasteiger partial charge in [-0.1, -0.05) is 5.22 Å². The first-order chi connectivity index (χ1) is 6.70. The van der Waals surface area contributed by atoms with Crippen LogP contribution in [0.4, 0.5) is 0 Å². The Morgan fingerprint density at radius 1 is 1.43 bits per heavy atom. The second-order valence-electron chi connectivity index (χ2n) is 3.20. The zero-order valence-electron chi connectivity index (χ0n) is 7.47. The van der Waals surface area contributed by atoms with Crippen LogP contribution in [0.5, 0.6) is 0 Å². The predicted molar refractivity (Wildman–Crippen MR) is 50.6 cm³/mol. The van der Waals surface area contributed by atoms with Gasteiger partial charge >= 0.3 is 0 Å². The highest BCUT2D eigenvalue weighted by atomic mass is 35.5. The van der Waals surface area contributed by atoms with Crippen molar-refractivity contribution >= 4 is 17.5 Å². The Labute approximate surface area is 85.8 Å². The van der Waals surface area contributed by atoms with Gasteiger partial charge in [0.2, 0.25) is 0 Å². The van der Waals surface area contributed by atoms with Crippen LogP contribution in [0.15, 0.2) is 15.5 Å². The van der Waals surface area contributed by atoms with E-state index in [1.54, 1.807) is 0 Å². The van der Waals surface area contributed by atoms with Crippen molar-refractivity contribution in [2.24, 2.45) is 27.3 Å². The van der Waals surface area contributed by atoms with Gasteiger partial charge in [-0.3, -0.25) is 4.79 Å². The number of nitrogens with two attached hydrogens (primary N) is 1. The van der Waals surface area contributed by atoms with E-state index in [0.29, 0.717) is 12.8 Å². The minimum Gasteiger partial charge on any atom is -0.305 e. The molecule has 14 heavy (non-hydrogen) atoms. The molecule has 1 rings (SSSR count). The SMILES string of the molecule is NN=NC1CCCC(Cl)C1C(=O)N=O. The van der Waals surface area contributed by atoms with Crippen molar-refractivity contribution in [3.8, 4) is 0 Å². The maximum absolute atomic E-state index is 11.2. The summed E-state index contributed by atoms with van der Waals surface area (Å²) in [6.07, 6.45) is 2.19. The standard InChI is InChI=1S/C7H11ClN4O2/c8-4-2-1-3-5(10-12-9)6(4)7(13)11-14/h4-6H,1-3H2,(H2,9,10). The van der Waals surface area contributed by atoms with Crippen molar-refractivity contribution in [3.63, 3.8) is 0 Å². The van der Waals surface area contributed by atoms with Crippen molar-refractivity contribution < 1.29 is 4.79 Å². The third kappa shape index (κ3) is 2.25. The molecule has 3 unspecified atom stereocenters. The molecule has 3 atom stereocenters. The summed E-state index contributed by atoms with van der Waals surface area (Å²) in [7, 11) is 0. The van der Waals surface area contributed by atoms with Gasteiger partial charge in [0.25, 0.3) is 5.91 Å². The number of halogens is 1. The number of carbonyl (C=O) groups excluding carboxylic acids is 1. The number of carbonyl (C=O) groups is 1. The minimum absolute atomic E-state index is 0.399. The average molecular weight is 219 g/mol. The number of hydrogen-bond acceptors (Lipinski definition) is 4. The van der Waals surface area contributed by atoms with E-state index < -0.39 is 23.2 Å². The lowest BCUT2D eigenvalue weighted by atomic mass is 9.84. The van der Waals surface area contributed by atoms with E-state index in [1.165, 1.54) is 0 Å². The molecule has 0 heterocycles. The molecule has 7 heteroatoms. The highest BCUT2D eigenvalue weighted by molar-refractivity contribution is 6.22. The van der Waals surface area contributed by atoms with Crippen molar-refractivity contribution in [2.75, 3.05) is 0 Å². The summed E-state index contributed by atoms with van der Waals surface area (Å²) in [4.78, 5) is 21.3. The van der Waals surface area contributed by atoms with Crippen LogP contribution in [0.1, 0.15) is 19.3 Å². The van der Waals surface area contributed by atoms with Crippen LogP contribution in [0.25, 0.3) is 0 Å². The van der Waals surface area contributed by atoms with Gasteiger partial charge in [-0.2, -0.15) is 5.11 Å². The fraction of sp³-hybridized carbons (Fsp3) is 0.857. The Morgan fingerprint density at radius 3 is 2.71 bits per heavy atom. The largest absolute Gasteiger partial charge is 0.305 e. The van der Waals surface area contributed by atoms with Crippen molar-refractivity contribution in [1.29, 1.82) is 0 Å². The Bertz CT molecular complexity index is 258. The Hall–Kier alpha value is -1.04.